The van der Waals surface area contributed by atoms with Crippen LogP contribution in [0.2, 0.25) is 5.02 Å². The zero-order valence-electron chi connectivity index (χ0n) is 9.99. The lowest BCUT2D eigenvalue weighted by molar-refractivity contribution is 0.431. The highest BCUT2D eigenvalue weighted by Gasteiger charge is 2.12. The van der Waals surface area contributed by atoms with Crippen LogP contribution in [0.1, 0.15) is 5.69 Å². The van der Waals surface area contributed by atoms with Crippen LogP contribution in [-0.4, -0.2) is 20.1 Å². The van der Waals surface area contributed by atoms with E-state index >= 15 is 0 Å². The molecule has 0 saturated heterocycles. The summed E-state index contributed by atoms with van der Waals surface area (Å²) in [5.74, 6) is 0.565. The van der Waals surface area contributed by atoms with Gasteiger partial charge in [-0.3, -0.25) is 0 Å². The topological polar surface area (TPSA) is 88.5 Å². The Labute approximate surface area is 118 Å². The van der Waals surface area contributed by atoms with Crippen LogP contribution in [0.15, 0.2) is 41.1 Å². The summed E-state index contributed by atoms with van der Waals surface area (Å²) in [4.78, 5) is 12.4. The first-order valence-corrected chi connectivity index (χ1v) is 5.97. The van der Waals surface area contributed by atoms with E-state index in [1.165, 1.54) is 6.20 Å². The molecule has 0 N–H and O–H groups in total. The Hall–Kier alpha value is -2.78. The number of nitriles is 1. The van der Waals surface area contributed by atoms with Crippen molar-refractivity contribution in [2.45, 2.75) is 0 Å². The maximum Gasteiger partial charge on any atom is 0.276 e. The van der Waals surface area contributed by atoms with Gasteiger partial charge < -0.3 is 4.52 Å². The van der Waals surface area contributed by atoms with Crippen LogP contribution in [0.3, 0.4) is 0 Å². The second-order valence-electron chi connectivity index (χ2n) is 3.80. The van der Waals surface area contributed by atoms with Gasteiger partial charge in [-0.25, -0.2) is 9.97 Å². The Bertz CT molecular complexity index is 791. The Morgan fingerprint density at radius 1 is 1.10 bits per heavy atom. The molecule has 0 aromatic carbocycles. The Balaban J connectivity index is 1.97. The van der Waals surface area contributed by atoms with Crippen molar-refractivity contribution in [3.8, 4) is 29.2 Å². The smallest absolute Gasteiger partial charge is 0.276 e. The molecule has 7 heteroatoms. The van der Waals surface area contributed by atoms with E-state index in [9.17, 15) is 0 Å². The van der Waals surface area contributed by atoms with E-state index in [0.717, 1.165) is 0 Å². The first-order valence-electron chi connectivity index (χ1n) is 5.59. The number of rotatable bonds is 2. The highest BCUT2D eigenvalue weighted by atomic mass is 35.5. The van der Waals surface area contributed by atoms with Gasteiger partial charge in [-0.2, -0.15) is 10.2 Å². The van der Waals surface area contributed by atoms with Crippen LogP contribution in [0.5, 0.6) is 0 Å². The van der Waals surface area contributed by atoms with Crippen molar-refractivity contribution in [2.75, 3.05) is 0 Å². The van der Waals surface area contributed by atoms with Gasteiger partial charge in [-0.05, 0) is 24.3 Å². The molecule has 0 aliphatic rings. The minimum Gasteiger partial charge on any atom is -0.332 e. The summed E-state index contributed by atoms with van der Waals surface area (Å²) in [7, 11) is 0. The Morgan fingerprint density at radius 3 is 2.75 bits per heavy atom. The van der Waals surface area contributed by atoms with Crippen molar-refractivity contribution in [1.82, 2.24) is 20.1 Å². The molecule has 0 fully saturated rings. The van der Waals surface area contributed by atoms with Crippen LogP contribution >= 0.6 is 11.6 Å². The van der Waals surface area contributed by atoms with E-state index in [1.54, 1.807) is 30.3 Å². The van der Waals surface area contributed by atoms with Gasteiger partial charge in [-0.1, -0.05) is 22.8 Å². The molecule has 0 unspecified atom stereocenters. The monoisotopic (exact) mass is 283 g/mol. The summed E-state index contributed by atoms with van der Waals surface area (Å²) in [6.45, 7) is 0. The SMILES string of the molecule is N#Cc1cccc(-c2noc(-c3ccc(Cl)cn3)n2)n1. The average Bonchev–Trinajstić information content (AvgIpc) is 2.98. The van der Waals surface area contributed by atoms with Crippen molar-refractivity contribution in [3.63, 3.8) is 0 Å². The molecule has 0 aliphatic heterocycles. The third-order valence-corrected chi connectivity index (χ3v) is 2.69. The largest absolute Gasteiger partial charge is 0.332 e. The molecular formula is C13H6ClN5O. The zero-order chi connectivity index (χ0) is 13.9. The molecule has 0 spiro atoms. The molecule has 0 saturated carbocycles. The lowest BCUT2D eigenvalue weighted by atomic mass is 10.3. The lowest BCUT2D eigenvalue weighted by Gasteiger charge is -1.93. The predicted molar refractivity (Wildman–Crippen MR) is 70.5 cm³/mol. The number of aromatic nitrogens is 4. The number of pyridine rings is 2. The fourth-order valence-corrected chi connectivity index (χ4v) is 1.67. The molecule has 6 nitrogen and oxygen atoms in total. The first-order chi connectivity index (χ1) is 9.76. The second-order valence-corrected chi connectivity index (χ2v) is 4.24. The zero-order valence-corrected chi connectivity index (χ0v) is 10.7. The van der Waals surface area contributed by atoms with E-state index < -0.39 is 0 Å². The summed E-state index contributed by atoms with van der Waals surface area (Å²) in [6.07, 6.45) is 1.50. The number of hydrogen-bond acceptors (Lipinski definition) is 6. The van der Waals surface area contributed by atoms with Gasteiger partial charge in [0, 0.05) is 6.20 Å². The van der Waals surface area contributed by atoms with Crippen molar-refractivity contribution >= 4 is 11.6 Å². The lowest BCUT2D eigenvalue weighted by Crippen LogP contribution is -1.89. The summed E-state index contributed by atoms with van der Waals surface area (Å²) < 4.78 is 5.13. The summed E-state index contributed by atoms with van der Waals surface area (Å²) in [5.41, 5.74) is 1.27. The molecule has 0 atom stereocenters. The van der Waals surface area contributed by atoms with E-state index in [0.29, 0.717) is 27.9 Å². The minimum atomic E-state index is 0.265. The highest BCUT2D eigenvalue weighted by molar-refractivity contribution is 6.30. The molecule has 0 amide bonds. The summed E-state index contributed by atoms with van der Waals surface area (Å²) in [6, 6.07) is 10.3. The van der Waals surface area contributed by atoms with Crippen LogP contribution in [0.25, 0.3) is 23.1 Å². The van der Waals surface area contributed by atoms with Gasteiger partial charge >= 0.3 is 0 Å². The first kappa shape index (κ1) is 12.3. The van der Waals surface area contributed by atoms with Gasteiger partial charge in [0.2, 0.25) is 5.82 Å². The maximum atomic E-state index is 8.82. The molecule has 3 aromatic rings. The van der Waals surface area contributed by atoms with Gasteiger partial charge in [-0.15, -0.1) is 0 Å². The third-order valence-electron chi connectivity index (χ3n) is 2.47. The van der Waals surface area contributed by atoms with Crippen molar-refractivity contribution in [3.05, 3.63) is 47.2 Å². The average molecular weight is 284 g/mol. The van der Waals surface area contributed by atoms with Crippen LogP contribution in [0, 0.1) is 11.3 Å². The molecule has 3 rings (SSSR count). The highest BCUT2D eigenvalue weighted by Crippen LogP contribution is 2.20. The van der Waals surface area contributed by atoms with Crippen molar-refractivity contribution in [2.24, 2.45) is 0 Å². The van der Waals surface area contributed by atoms with Crippen LogP contribution in [-0.2, 0) is 0 Å². The van der Waals surface area contributed by atoms with Crippen molar-refractivity contribution < 1.29 is 4.52 Å². The quantitative estimate of drug-likeness (QED) is 0.718. The molecule has 0 radical (unpaired) electrons. The molecule has 0 aliphatic carbocycles. The predicted octanol–water partition coefficient (Wildman–Crippen LogP) is 2.72. The van der Waals surface area contributed by atoms with Gasteiger partial charge in [0.15, 0.2) is 0 Å². The van der Waals surface area contributed by atoms with Gasteiger partial charge in [0.05, 0.1) is 5.02 Å². The molecule has 96 valence electrons. The van der Waals surface area contributed by atoms with E-state index in [-0.39, 0.29) is 5.89 Å². The maximum absolute atomic E-state index is 8.82. The number of halogens is 1. The van der Waals surface area contributed by atoms with Gasteiger partial charge in [0.25, 0.3) is 5.89 Å². The normalized spacial score (nSPS) is 10.2. The van der Waals surface area contributed by atoms with Gasteiger partial charge in [0.1, 0.15) is 23.2 Å². The Morgan fingerprint density at radius 2 is 2.00 bits per heavy atom. The van der Waals surface area contributed by atoms with Crippen LogP contribution in [0.4, 0.5) is 0 Å². The number of hydrogen-bond donors (Lipinski definition) is 0. The van der Waals surface area contributed by atoms with Crippen LogP contribution < -0.4 is 0 Å². The Kier molecular flexibility index (Phi) is 3.11. The van der Waals surface area contributed by atoms with E-state index in [4.69, 9.17) is 21.4 Å². The molecule has 3 aromatic heterocycles. The van der Waals surface area contributed by atoms with Crippen molar-refractivity contribution in [1.29, 1.82) is 5.26 Å². The van der Waals surface area contributed by atoms with E-state index in [2.05, 4.69) is 20.1 Å². The summed E-state index contributed by atoms with van der Waals surface area (Å²) in [5, 5.41) is 13.2. The molecule has 3 heterocycles. The fourth-order valence-electron chi connectivity index (χ4n) is 1.56. The summed E-state index contributed by atoms with van der Waals surface area (Å²) >= 11 is 5.76. The fraction of sp³-hybridized carbons (Fsp3) is 0. The molecule has 20 heavy (non-hydrogen) atoms. The molecule has 0 bridgehead atoms. The van der Waals surface area contributed by atoms with E-state index in [1.807, 2.05) is 6.07 Å². The second kappa shape index (κ2) is 5.07. The minimum absolute atomic E-state index is 0.265. The molecular weight excluding hydrogens is 278 g/mol. The third kappa shape index (κ3) is 2.35. The standard InChI is InChI=1S/C13H6ClN5O/c14-8-4-5-11(16-7-8)13-18-12(19-20-13)10-3-1-2-9(6-15)17-10/h1-5,7H. The number of nitrogens with zero attached hydrogens (tertiary/aromatic N) is 5.